The summed E-state index contributed by atoms with van der Waals surface area (Å²) in [6.07, 6.45) is 5.06. The number of likely N-dealkylation sites (tertiary alicyclic amines) is 1. The van der Waals surface area contributed by atoms with E-state index >= 15 is 0 Å². The average Bonchev–Trinajstić information content (AvgIpc) is 3.32. The Balaban J connectivity index is 1.46. The minimum absolute atomic E-state index is 0.551. The van der Waals surface area contributed by atoms with Crippen LogP contribution < -0.4 is 10.5 Å². The molecule has 0 aromatic heterocycles. The number of aryl methyl sites for hydroxylation is 1. The topological polar surface area (TPSA) is 38.5 Å². The number of hydrogen-bond donors (Lipinski definition) is 1. The van der Waals surface area contributed by atoms with Crippen LogP contribution in [0.25, 0.3) is 0 Å². The lowest BCUT2D eigenvalue weighted by atomic mass is 9.75. The second kappa shape index (κ2) is 7.29. The quantitative estimate of drug-likeness (QED) is 0.853. The van der Waals surface area contributed by atoms with Gasteiger partial charge in [0.2, 0.25) is 0 Å². The number of fused-ring (bicyclic) bond motifs is 2. The number of rotatable bonds is 6. The smallest absolute Gasteiger partial charge is 0.119 e. The van der Waals surface area contributed by atoms with Gasteiger partial charge >= 0.3 is 0 Å². The van der Waals surface area contributed by atoms with Crippen LogP contribution in [0.1, 0.15) is 35.4 Å². The van der Waals surface area contributed by atoms with Crippen molar-refractivity contribution in [2.24, 2.45) is 17.6 Å². The molecule has 3 nitrogen and oxygen atoms in total. The van der Waals surface area contributed by atoms with E-state index in [1.807, 2.05) is 0 Å². The first-order valence-electron chi connectivity index (χ1n) is 10.6. The summed E-state index contributed by atoms with van der Waals surface area (Å²) in [5.41, 5.74) is 10.1. The normalized spacial score (nSPS) is 29.2. The summed E-state index contributed by atoms with van der Waals surface area (Å²) in [4.78, 5) is 2.81. The Labute approximate surface area is 162 Å². The van der Waals surface area contributed by atoms with E-state index in [0.717, 1.165) is 24.0 Å². The molecule has 0 bridgehead atoms. The van der Waals surface area contributed by atoms with Gasteiger partial charge in [0.25, 0.3) is 0 Å². The summed E-state index contributed by atoms with van der Waals surface area (Å²) >= 11 is 0. The first-order valence-corrected chi connectivity index (χ1v) is 10.6. The van der Waals surface area contributed by atoms with Crippen LogP contribution in [0, 0.1) is 11.8 Å². The zero-order valence-electron chi connectivity index (χ0n) is 16.0. The lowest BCUT2D eigenvalue weighted by molar-refractivity contribution is 0.170. The molecule has 5 rings (SSSR count). The van der Waals surface area contributed by atoms with Gasteiger partial charge in [-0.3, -0.25) is 4.90 Å². The van der Waals surface area contributed by atoms with Gasteiger partial charge in [-0.15, -0.1) is 0 Å². The number of nitrogens with two attached hydrogens (primary N) is 1. The summed E-state index contributed by atoms with van der Waals surface area (Å²) < 4.78 is 5.87. The van der Waals surface area contributed by atoms with Crippen molar-refractivity contribution in [1.29, 1.82) is 0 Å². The molecule has 1 saturated heterocycles. The van der Waals surface area contributed by atoms with Crippen LogP contribution in [0.4, 0.5) is 0 Å². The highest BCUT2D eigenvalue weighted by Crippen LogP contribution is 2.49. The van der Waals surface area contributed by atoms with Crippen LogP contribution in [0.5, 0.6) is 5.75 Å². The Morgan fingerprint density at radius 2 is 1.85 bits per heavy atom. The second-order valence-corrected chi connectivity index (χ2v) is 8.61. The first-order chi connectivity index (χ1) is 13.3. The zero-order chi connectivity index (χ0) is 18.2. The van der Waals surface area contributed by atoms with Crippen molar-refractivity contribution in [1.82, 2.24) is 4.90 Å². The zero-order valence-corrected chi connectivity index (χ0v) is 16.0. The molecule has 1 saturated carbocycles. The van der Waals surface area contributed by atoms with E-state index in [2.05, 4.69) is 53.4 Å². The SMILES string of the molecule is NCCOc1ccc2c(c1)C(Cc1ccccc1)[C@@H](N1CC3CC3C1)CC2. The molecule has 3 unspecified atom stereocenters. The van der Waals surface area contributed by atoms with Gasteiger partial charge in [0.15, 0.2) is 0 Å². The van der Waals surface area contributed by atoms with Crippen LogP contribution in [-0.4, -0.2) is 37.2 Å². The molecule has 1 heterocycles. The third-order valence-electron chi connectivity index (χ3n) is 6.85. The van der Waals surface area contributed by atoms with Crippen molar-refractivity contribution in [2.45, 2.75) is 37.6 Å². The van der Waals surface area contributed by atoms with Crippen molar-refractivity contribution in [3.63, 3.8) is 0 Å². The largest absolute Gasteiger partial charge is 0.492 e. The molecule has 3 heteroatoms. The van der Waals surface area contributed by atoms with Crippen LogP contribution in [0.2, 0.25) is 0 Å². The van der Waals surface area contributed by atoms with Crippen LogP contribution in [0.3, 0.4) is 0 Å². The van der Waals surface area contributed by atoms with E-state index in [1.54, 1.807) is 0 Å². The van der Waals surface area contributed by atoms with Gasteiger partial charge in [0.1, 0.15) is 12.4 Å². The summed E-state index contributed by atoms with van der Waals surface area (Å²) in [5.74, 6) is 3.50. The summed E-state index contributed by atoms with van der Waals surface area (Å²) in [5, 5.41) is 0. The number of hydrogen-bond acceptors (Lipinski definition) is 3. The third-order valence-corrected chi connectivity index (χ3v) is 6.85. The van der Waals surface area contributed by atoms with Gasteiger partial charge < -0.3 is 10.5 Å². The van der Waals surface area contributed by atoms with E-state index in [4.69, 9.17) is 10.5 Å². The average molecular weight is 363 g/mol. The molecular weight excluding hydrogens is 332 g/mol. The number of piperidine rings is 1. The Hall–Kier alpha value is -1.84. The van der Waals surface area contributed by atoms with Gasteiger partial charge in [0, 0.05) is 31.6 Å². The molecule has 2 aliphatic carbocycles. The highest BCUT2D eigenvalue weighted by Gasteiger charge is 2.48. The van der Waals surface area contributed by atoms with E-state index < -0.39 is 0 Å². The maximum atomic E-state index is 5.87. The Morgan fingerprint density at radius 1 is 1.04 bits per heavy atom. The molecule has 2 aromatic carbocycles. The van der Waals surface area contributed by atoms with Gasteiger partial charge in [-0.25, -0.2) is 0 Å². The lowest BCUT2D eigenvalue weighted by Gasteiger charge is -2.40. The molecule has 0 radical (unpaired) electrons. The summed E-state index contributed by atoms with van der Waals surface area (Å²) in [7, 11) is 0. The molecule has 2 N–H and O–H groups in total. The lowest BCUT2D eigenvalue weighted by Crippen LogP contribution is -2.42. The third kappa shape index (κ3) is 3.51. The monoisotopic (exact) mass is 362 g/mol. The van der Waals surface area contributed by atoms with Crippen LogP contribution in [-0.2, 0) is 12.8 Å². The van der Waals surface area contributed by atoms with Gasteiger partial charge in [0.05, 0.1) is 0 Å². The maximum absolute atomic E-state index is 5.87. The number of ether oxygens (including phenoxy) is 1. The fourth-order valence-corrected chi connectivity index (χ4v) is 5.38. The van der Waals surface area contributed by atoms with E-state index in [-0.39, 0.29) is 0 Å². The Kier molecular flexibility index (Phi) is 4.66. The van der Waals surface area contributed by atoms with E-state index in [9.17, 15) is 0 Å². The molecule has 1 aliphatic heterocycles. The molecule has 3 aliphatic rings. The molecule has 0 spiro atoms. The minimum atomic E-state index is 0.551. The molecular formula is C24H30N2O. The fraction of sp³-hybridized carbons (Fsp3) is 0.500. The molecule has 2 fully saturated rings. The molecule has 0 amide bonds. The Bertz CT molecular complexity index is 780. The van der Waals surface area contributed by atoms with Crippen molar-refractivity contribution in [2.75, 3.05) is 26.2 Å². The predicted octanol–water partition coefficient (Wildman–Crippen LogP) is 3.62. The fourth-order valence-electron chi connectivity index (χ4n) is 5.38. The van der Waals surface area contributed by atoms with Gasteiger partial charge in [-0.1, -0.05) is 36.4 Å². The minimum Gasteiger partial charge on any atom is -0.492 e. The molecule has 27 heavy (non-hydrogen) atoms. The Morgan fingerprint density at radius 3 is 2.63 bits per heavy atom. The molecule has 4 atom stereocenters. The first kappa shape index (κ1) is 17.3. The second-order valence-electron chi connectivity index (χ2n) is 8.61. The highest BCUT2D eigenvalue weighted by atomic mass is 16.5. The standard InChI is InChI=1S/C24H30N2O/c25-10-11-27-21-8-6-18-7-9-24(26-15-19-13-20(19)16-26)23(22(18)14-21)12-17-4-2-1-3-5-17/h1-6,8,14,19-20,23-24H,7,9-13,15-16,25H2/t19?,20?,23?,24-/m0/s1. The molecule has 142 valence electrons. The summed E-state index contributed by atoms with van der Waals surface area (Å²) in [6.45, 7) is 3.78. The maximum Gasteiger partial charge on any atom is 0.119 e. The van der Waals surface area contributed by atoms with E-state index in [1.165, 1.54) is 49.0 Å². The highest BCUT2D eigenvalue weighted by molar-refractivity contribution is 5.42. The van der Waals surface area contributed by atoms with Gasteiger partial charge in [-0.2, -0.15) is 0 Å². The van der Waals surface area contributed by atoms with Crippen LogP contribution >= 0.6 is 0 Å². The van der Waals surface area contributed by atoms with E-state index in [0.29, 0.717) is 25.1 Å². The predicted molar refractivity (Wildman–Crippen MR) is 109 cm³/mol. The van der Waals surface area contributed by atoms with Crippen molar-refractivity contribution < 1.29 is 4.74 Å². The van der Waals surface area contributed by atoms with Crippen LogP contribution in [0.15, 0.2) is 48.5 Å². The summed E-state index contributed by atoms with van der Waals surface area (Å²) in [6, 6.07) is 18.4. The van der Waals surface area contributed by atoms with Crippen molar-refractivity contribution in [3.8, 4) is 5.75 Å². The van der Waals surface area contributed by atoms with Crippen molar-refractivity contribution >= 4 is 0 Å². The van der Waals surface area contributed by atoms with Crippen molar-refractivity contribution in [3.05, 3.63) is 65.2 Å². The number of benzene rings is 2. The van der Waals surface area contributed by atoms with Gasteiger partial charge in [-0.05, 0) is 66.3 Å². The number of nitrogens with zero attached hydrogens (tertiary/aromatic N) is 1. The molecule has 2 aromatic rings.